The zero-order valence-corrected chi connectivity index (χ0v) is 13.9. The van der Waals surface area contributed by atoms with Crippen molar-refractivity contribution in [2.75, 3.05) is 20.3 Å². The average molecular weight is 316 g/mol. The van der Waals surface area contributed by atoms with E-state index in [0.29, 0.717) is 26.2 Å². The van der Waals surface area contributed by atoms with E-state index in [2.05, 4.69) is 38.0 Å². The zero-order chi connectivity index (χ0) is 16.5. The zero-order valence-electron chi connectivity index (χ0n) is 13.9. The number of methoxy groups -OCH3 is 1. The fraction of sp³-hybridized carbons (Fsp3) is 0.438. The van der Waals surface area contributed by atoms with Crippen molar-refractivity contribution in [3.05, 3.63) is 47.5 Å². The van der Waals surface area contributed by atoms with Crippen LogP contribution in [0.25, 0.3) is 0 Å². The molecule has 1 heterocycles. The molecule has 124 valence electrons. The van der Waals surface area contributed by atoms with E-state index in [1.165, 1.54) is 0 Å². The second kappa shape index (κ2) is 8.89. The SMILES string of the molecule is COCCNC(=NCc1ccccc1)NCc1nnc(C)n1C. The molecule has 7 heteroatoms. The molecule has 23 heavy (non-hydrogen) atoms. The summed E-state index contributed by atoms with van der Waals surface area (Å²) in [5, 5.41) is 14.7. The molecule has 0 amide bonds. The van der Waals surface area contributed by atoms with Crippen LogP contribution < -0.4 is 10.6 Å². The molecule has 1 aromatic heterocycles. The molecule has 1 aromatic carbocycles. The predicted molar refractivity (Wildman–Crippen MR) is 90.0 cm³/mol. The van der Waals surface area contributed by atoms with E-state index in [1.54, 1.807) is 7.11 Å². The molecule has 0 radical (unpaired) electrons. The van der Waals surface area contributed by atoms with Crippen LogP contribution in [-0.2, 0) is 24.9 Å². The smallest absolute Gasteiger partial charge is 0.192 e. The minimum Gasteiger partial charge on any atom is -0.383 e. The van der Waals surface area contributed by atoms with Crippen molar-refractivity contribution in [3.8, 4) is 0 Å². The van der Waals surface area contributed by atoms with Crippen LogP contribution in [-0.4, -0.2) is 41.0 Å². The predicted octanol–water partition coefficient (Wildman–Crippen LogP) is 1.01. The van der Waals surface area contributed by atoms with Gasteiger partial charge in [-0.15, -0.1) is 10.2 Å². The van der Waals surface area contributed by atoms with Gasteiger partial charge in [-0.05, 0) is 12.5 Å². The number of benzene rings is 1. The van der Waals surface area contributed by atoms with Gasteiger partial charge in [-0.2, -0.15) is 0 Å². The van der Waals surface area contributed by atoms with E-state index in [0.717, 1.165) is 23.2 Å². The molecule has 0 aliphatic carbocycles. The number of nitrogens with one attached hydrogen (secondary N) is 2. The number of hydrogen-bond donors (Lipinski definition) is 2. The minimum atomic E-state index is 0.560. The molecular formula is C16H24N6O. The second-order valence-electron chi connectivity index (χ2n) is 5.15. The Morgan fingerprint density at radius 1 is 1.22 bits per heavy atom. The summed E-state index contributed by atoms with van der Waals surface area (Å²) >= 11 is 0. The van der Waals surface area contributed by atoms with Crippen molar-refractivity contribution in [1.82, 2.24) is 25.4 Å². The number of rotatable bonds is 7. The first-order chi connectivity index (χ1) is 11.2. The summed E-state index contributed by atoms with van der Waals surface area (Å²) < 4.78 is 7.02. The largest absolute Gasteiger partial charge is 0.383 e. The minimum absolute atomic E-state index is 0.560. The maximum atomic E-state index is 5.07. The van der Waals surface area contributed by atoms with Gasteiger partial charge in [0.15, 0.2) is 11.8 Å². The van der Waals surface area contributed by atoms with Crippen molar-refractivity contribution in [2.24, 2.45) is 12.0 Å². The third kappa shape index (κ3) is 5.37. The van der Waals surface area contributed by atoms with E-state index in [9.17, 15) is 0 Å². The molecule has 0 aliphatic rings. The van der Waals surface area contributed by atoms with E-state index in [1.807, 2.05) is 36.7 Å². The highest BCUT2D eigenvalue weighted by atomic mass is 16.5. The number of aromatic nitrogens is 3. The molecule has 0 spiro atoms. The lowest BCUT2D eigenvalue weighted by Crippen LogP contribution is -2.39. The van der Waals surface area contributed by atoms with Crippen LogP contribution in [0.2, 0.25) is 0 Å². The summed E-state index contributed by atoms with van der Waals surface area (Å²) in [6, 6.07) is 10.1. The normalized spacial score (nSPS) is 11.5. The fourth-order valence-corrected chi connectivity index (χ4v) is 1.97. The lowest BCUT2D eigenvalue weighted by molar-refractivity contribution is 0.203. The number of aliphatic imine (C=N–C) groups is 1. The Balaban J connectivity index is 1.96. The van der Waals surface area contributed by atoms with Gasteiger partial charge in [-0.3, -0.25) is 0 Å². The van der Waals surface area contributed by atoms with Crippen LogP contribution in [0.15, 0.2) is 35.3 Å². The Morgan fingerprint density at radius 2 is 2.00 bits per heavy atom. The molecule has 2 aromatic rings. The first-order valence-corrected chi connectivity index (χ1v) is 7.60. The molecule has 2 rings (SSSR count). The Kier molecular flexibility index (Phi) is 6.56. The molecule has 0 unspecified atom stereocenters. The van der Waals surface area contributed by atoms with Crippen molar-refractivity contribution in [3.63, 3.8) is 0 Å². The molecule has 0 saturated heterocycles. The van der Waals surface area contributed by atoms with Crippen molar-refractivity contribution in [1.29, 1.82) is 0 Å². The molecule has 0 saturated carbocycles. The number of guanidine groups is 1. The first-order valence-electron chi connectivity index (χ1n) is 7.60. The van der Waals surface area contributed by atoms with Crippen LogP contribution in [0, 0.1) is 6.92 Å². The Labute approximate surface area is 136 Å². The summed E-state index contributed by atoms with van der Waals surface area (Å²) in [7, 11) is 3.63. The lowest BCUT2D eigenvalue weighted by Gasteiger charge is -2.12. The number of hydrogen-bond acceptors (Lipinski definition) is 4. The maximum Gasteiger partial charge on any atom is 0.192 e. The monoisotopic (exact) mass is 316 g/mol. The van der Waals surface area contributed by atoms with Crippen LogP contribution in [0.5, 0.6) is 0 Å². The summed E-state index contributed by atoms with van der Waals surface area (Å²) in [5.41, 5.74) is 1.16. The average Bonchev–Trinajstić information content (AvgIpc) is 2.90. The highest BCUT2D eigenvalue weighted by Crippen LogP contribution is 2.00. The third-order valence-electron chi connectivity index (χ3n) is 3.46. The molecular weight excluding hydrogens is 292 g/mol. The number of nitrogens with zero attached hydrogens (tertiary/aromatic N) is 4. The van der Waals surface area contributed by atoms with Crippen LogP contribution in [0.1, 0.15) is 17.2 Å². The summed E-state index contributed by atoms with van der Waals surface area (Å²) in [5.74, 6) is 2.48. The lowest BCUT2D eigenvalue weighted by atomic mass is 10.2. The van der Waals surface area contributed by atoms with Gasteiger partial charge < -0.3 is 19.9 Å². The Hall–Kier alpha value is -2.41. The molecule has 0 fully saturated rings. The van der Waals surface area contributed by atoms with E-state index >= 15 is 0 Å². The van der Waals surface area contributed by atoms with Gasteiger partial charge in [0.05, 0.1) is 19.7 Å². The van der Waals surface area contributed by atoms with Gasteiger partial charge in [-0.25, -0.2) is 4.99 Å². The van der Waals surface area contributed by atoms with Crippen molar-refractivity contribution in [2.45, 2.75) is 20.0 Å². The van der Waals surface area contributed by atoms with E-state index < -0.39 is 0 Å². The van der Waals surface area contributed by atoms with E-state index in [4.69, 9.17) is 4.74 Å². The van der Waals surface area contributed by atoms with Crippen molar-refractivity contribution < 1.29 is 4.74 Å². The van der Waals surface area contributed by atoms with Gasteiger partial charge in [0, 0.05) is 20.7 Å². The standard InChI is InChI=1S/C16H24N6O/c1-13-20-21-15(22(13)2)12-19-16(17-9-10-23-3)18-11-14-7-5-4-6-8-14/h4-8H,9-12H2,1-3H3,(H2,17,18,19). The van der Waals surface area contributed by atoms with Crippen LogP contribution in [0.3, 0.4) is 0 Å². The molecule has 2 N–H and O–H groups in total. The molecule has 0 aliphatic heterocycles. The van der Waals surface area contributed by atoms with Gasteiger partial charge >= 0.3 is 0 Å². The third-order valence-corrected chi connectivity index (χ3v) is 3.46. The Bertz CT molecular complexity index is 623. The summed E-state index contributed by atoms with van der Waals surface area (Å²) in [6.45, 7) is 4.41. The maximum absolute atomic E-state index is 5.07. The topological polar surface area (TPSA) is 76.4 Å². The van der Waals surface area contributed by atoms with Gasteiger partial charge in [-0.1, -0.05) is 30.3 Å². The van der Waals surface area contributed by atoms with Crippen LogP contribution in [0.4, 0.5) is 0 Å². The Morgan fingerprint density at radius 3 is 2.65 bits per heavy atom. The highest BCUT2D eigenvalue weighted by Gasteiger charge is 2.06. The van der Waals surface area contributed by atoms with Gasteiger partial charge in [0.2, 0.25) is 0 Å². The molecule has 0 bridgehead atoms. The summed E-state index contributed by atoms with van der Waals surface area (Å²) in [6.07, 6.45) is 0. The molecule has 0 atom stereocenters. The molecule has 7 nitrogen and oxygen atoms in total. The van der Waals surface area contributed by atoms with E-state index in [-0.39, 0.29) is 0 Å². The quantitative estimate of drug-likeness (QED) is 0.453. The first kappa shape index (κ1) is 17.0. The second-order valence-corrected chi connectivity index (χ2v) is 5.15. The highest BCUT2D eigenvalue weighted by molar-refractivity contribution is 5.79. The number of aryl methyl sites for hydroxylation is 1. The fourth-order valence-electron chi connectivity index (χ4n) is 1.97. The van der Waals surface area contributed by atoms with Crippen molar-refractivity contribution >= 4 is 5.96 Å². The number of ether oxygens (including phenoxy) is 1. The summed E-state index contributed by atoms with van der Waals surface area (Å²) in [4.78, 5) is 4.60. The van der Waals surface area contributed by atoms with Gasteiger partial charge in [0.25, 0.3) is 0 Å². The van der Waals surface area contributed by atoms with Crippen LogP contribution >= 0.6 is 0 Å². The van der Waals surface area contributed by atoms with Gasteiger partial charge in [0.1, 0.15) is 5.82 Å².